The second-order valence-corrected chi connectivity index (χ2v) is 10.1. The topological polar surface area (TPSA) is 50.3 Å². The zero-order chi connectivity index (χ0) is 23.9. The van der Waals surface area contributed by atoms with E-state index in [1.807, 2.05) is 0 Å². The number of nitrogens with zero attached hydrogens (tertiary/aromatic N) is 3. The maximum absolute atomic E-state index is 13.9. The van der Waals surface area contributed by atoms with Crippen molar-refractivity contribution in [2.45, 2.75) is 44.8 Å². The minimum Gasteiger partial charge on any atom is -0.381 e. The van der Waals surface area contributed by atoms with Crippen molar-refractivity contribution in [2.24, 2.45) is 17.8 Å². The van der Waals surface area contributed by atoms with E-state index in [4.69, 9.17) is 4.74 Å². The van der Waals surface area contributed by atoms with Gasteiger partial charge in [0.05, 0.1) is 5.69 Å². The number of fused-ring (bicyclic) bond motifs is 1. The van der Waals surface area contributed by atoms with E-state index in [1.54, 1.807) is 6.92 Å². The van der Waals surface area contributed by atoms with Crippen LogP contribution in [0.25, 0.3) is 11.3 Å². The van der Waals surface area contributed by atoms with Crippen molar-refractivity contribution in [1.29, 1.82) is 0 Å². The van der Waals surface area contributed by atoms with Gasteiger partial charge in [-0.3, -0.25) is 0 Å². The van der Waals surface area contributed by atoms with Crippen LogP contribution in [0.2, 0.25) is 0 Å². The maximum atomic E-state index is 13.9. The summed E-state index contributed by atoms with van der Waals surface area (Å²) in [7, 11) is 0. The Kier molecular flexibility index (Phi) is 6.50. The first-order valence-electron chi connectivity index (χ1n) is 12.0. The molecule has 9 heteroatoms. The highest BCUT2D eigenvalue weighted by atomic mass is 19.4. The van der Waals surface area contributed by atoms with E-state index in [2.05, 4.69) is 20.4 Å². The van der Waals surface area contributed by atoms with Crippen LogP contribution < -0.4 is 5.32 Å². The molecule has 1 aliphatic carbocycles. The first-order valence-corrected chi connectivity index (χ1v) is 12.0. The maximum Gasteiger partial charge on any atom is 0.420 e. The molecule has 2 saturated heterocycles. The molecule has 1 unspecified atom stereocenters. The van der Waals surface area contributed by atoms with Crippen molar-refractivity contribution >= 4 is 5.82 Å². The number of aryl methyl sites for hydroxylation is 1. The summed E-state index contributed by atoms with van der Waals surface area (Å²) in [6, 6.07) is 4.90. The highest BCUT2D eigenvalue weighted by Crippen LogP contribution is 2.42. The Labute approximate surface area is 196 Å². The SMILES string of the molecule is Cc1ccc(F)cc1-c1cc(C(F)(F)F)c(NC2C[C@@H]3CN(CC4CCOCC4)C[C@@H]3C2)nn1. The van der Waals surface area contributed by atoms with Gasteiger partial charge in [-0.05, 0) is 74.1 Å². The van der Waals surface area contributed by atoms with E-state index >= 15 is 0 Å². The Hall–Kier alpha value is -2.26. The molecule has 34 heavy (non-hydrogen) atoms. The minimum atomic E-state index is -4.59. The summed E-state index contributed by atoms with van der Waals surface area (Å²) < 4.78 is 60.9. The minimum absolute atomic E-state index is 0.0157. The number of likely N-dealkylation sites (tertiary alicyclic amines) is 1. The first kappa shape index (κ1) is 23.5. The number of rotatable bonds is 5. The fraction of sp³-hybridized carbons (Fsp3) is 0.600. The summed E-state index contributed by atoms with van der Waals surface area (Å²) in [5.74, 6) is 0.907. The van der Waals surface area contributed by atoms with E-state index in [9.17, 15) is 17.6 Å². The van der Waals surface area contributed by atoms with Crippen molar-refractivity contribution in [3.05, 3.63) is 41.2 Å². The van der Waals surface area contributed by atoms with E-state index in [-0.39, 0.29) is 17.6 Å². The van der Waals surface area contributed by atoms with E-state index in [0.717, 1.165) is 64.6 Å². The Morgan fingerprint density at radius 1 is 1.06 bits per heavy atom. The molecule has 1 aromatic heterocycles. The molecule has 0 spiro atoms. The van der Waals surface area contributed by atoms with Gasteiger partial charge in [0, 0.05) is 44.5 Å². The Balaban J connectivity index is 1.26. The third kappa shape index (κ3) is 5.05. The van der Waals surface area contributed by atoms with Crippen LogP contribution in [0.1, 0.15) is 36.8 Å². The van der Waals surface area contributed by atoms with E-state index in [1.165, 1.54) is 18.2 Å². The van der Waals surface area contributed by atoms with Gasteiger partial charge in [-0.25, -0.2) is 4.39 Å². The van der Waals surface area contributed by atoms with E-state index in [0.29, 0.717) is 28.9 Å². The standard InChI is InChI=1S/C25H30F4N4O/c1-15-2-3-19(26)10-21(15)23-11-22(25(27,28)29)24(32-31-23)30-20-8-17-13-33(14-18(17)9-20)12-16-4-6-34-7-5-16/h2-3,10-11,16-18,20H,4-9,12-14H2,1H3,(H,30,32)/t17-,18+,20?. The number of nitrogens with one attached hydrogen (secondary N) is 1. The van der Waals surface area contributed by atoms with Crippen LogP contribution in [0.4, 0.5) is 23.4 Å². The lowest BCUT2D eigenvalue weighted by atomic mass is 10.00. The normalized spacial score (nSPS) is 26.1. The molecule has 0 amide bonds. The van der Waals surface area contributed by atoms with Crippen molar-refractivity contribution in [1.82, 2.24) is 15.1 Å². The predicted molar refractivity (Wildman–Crippen MR) is 121 cm³/mol. The number of ether oxygens (including phenoxy) is 1. The molecule has 1 N–H and O–H groups in total. The molecular weight excluding hydrogens is 448 g/mol. The van der Waals surface area contributed by atoms with Crippen LogP contribution in [0.3, 0.4) is 0 Å². The number of anilines is 1. The van der Waals surface area contributed by atoms with Gasteiger partial charge in [-0.2, -0.15) is 13.2 Å². The quantitative estimate of drug-likeness (QED) is 0.602. The Morgan fingerprint density at radius 3 is 2.44 bits per heavy atom. The Morgan fingerprint density at radius 2 is 1.76 bits per heavy atom. The summed E-state index contributed by atoms with van der Waals surface area (Å²) >= 11 is 0. The molecule has 0 bridgehead atoms. The van der Waals surface area contributed by atoms with Crippen LogP contribution in [-0.2, 0) is 10.9 Å². The predicted octanol–water partition coefficient (Wildman–Crippen LogP) is 5.16. The molecule has 5 rings (SSSR count). The lowest BCUT2D eigenvalue weighted by molar-refractivity contribution is -0.137. The van der Waals surface area contributed by atoms with E-state index < -0.39 is 17.6 Å². The van der Waals surface area contributed by atoms with Crippen LogP contribution >= 0.6 is 0 Å². The molecule has 1 saturated carbocycles. The third-order valence-corrected chi connectivity index (χ3v) is 7.60. The molecule has 3 heterocycles. The second kappa shape index (κ2) is 9.41. The fourth-order valence-corrected chi connectivity index (χ4v) is 5.87. The summed E-state index contributed by atoms with van der Waals surface area (Å²) in [5.41, 5.74) is 0.101. The molecule has 3 fully saturated rings. The monoisotopic (exact) mass is 478 g/mol. The van der Waals surface area contributed by atoms with Gasteiger partial charge >= 0.3 is 6.18 Å². The first-order chi connectivity index (χ1) is 16.3. The van der Waals surface area contributed by atoms with Gasteiger partial charge in [0.15, 0.2) is 5.82 Å². The molecule has 2 aliphatic heterocycles. The molecule has 1 aromatic carbocycles. The second-order valence-electron chi connectivity index (χ2n) is 10.1. The number of halogens is 4. The molecule has 3 atom stereocenters. The zero-order valence-corrected chi connectivity index (χ0v) is 19.2. The van der Waals surface area contributed by atoms with Crippen LogP contribution in [0, 0.1) is 30.5 Å². The molecule has 2 aromatic rings. The summed E-state index contributed by atoms with van der Waals surface area (Å²) in [5, 5.41) is 11.0. The van der Waals surface area contributed by atoms with Gasteiger partial charge in [0.1, 0.15) is 11.4 Å². The number of alkyl halides is 3. The Bertz CT molecular complexity index is 1010. The largest absolute Gasteiger partial charge is 0.420 e. The molecule has 0 radical (unpaired) electrons. The molecule has 3 aliphatic rings. The van der Waals surface area contributed by atoms with Crippen LogP contribution in [0.5, 0.6) is 0 Å². The van der Waals surface area contributed by atoms with Crippen molar-refractivity contribution in [2.75, 3.05) is 38.2 Å². The highest BCUT2D eigenvalue weighted by Gasteiger charge is 2.43. The van der Waals surface area contributed by atoms with Crippen molar-refractivity contribution in [3.8, 4) is 11.3 Å². The smallest absolute Gasteiger partial charge is 0.381 e. The summed E-state index contributed by atoms with van der Waals surface area (Å²) in [6.07, 6.45) is -0.708. The number of hydrogen-bond donors (Lipinski definition) is 1. The number of aromatic nitrogens is 2. The molecule has 5 nitrogen and oxygen atoms in total. The van der Waals surface area contributed by atoms with Gasteiger partial charge < -0.3 is 15.0 Å². The molecule has 184 valence electrons. The highest BCUT2D eigenvalue weighted by molar-refractivity contribution is 5.65. The number of benzene rings is 1. The average molecular weight is 479 g/mol. The van der Waals surface area contributed by atoms with Gasteiger partial charge in [0.25, 0.3) is 0 Å². The van der Waals surface area contributed by atoms with Gasteiger partial charge in [-0.15, -0.1) is 10.2 Å². The average Bonchev–Trinajstić information content (AvgIpc) is 3.33. The van der Waals surface area contributed by atoms with Crippen molar-refractivity contribution < 1.29 is 22.3 Å². The van der Waals surface area contributed by atoms with Gasteiger partial charge in [-0.1, -0.05) is 6.07 Å². The zero-order valence-electron chi connectivity index (χ0n) is 19.2. The van der Waals surface area contributed by atoms with Crippen molar-refractivity contribution in [3.63, 3.8) is 0 Å². The third-order valence-electron chi connectivity index (χ3n) is 7.60. The van der Waals surface area contributed by atoms with Crippen LogP contribution in [-0.4, -0.2) is 54.0 Å². The number of hydrogen-bond acceptors (Lipinski definition) is 5. The lowest BCUT2D eigenvalue weighted by Crippen LogP contribution is -2.32. The summed E-state index contributed by atoms with van der Waals surface area (Å²) in [6.45, 7) is 6.51. The van der Waals surface area contributed by atoms with Gasteiger partial charge in [0.2, 0.25) is 0 Å². The summed E-state index contributed by atoms with van der Waals surface area (Å²) in [4.78, 5) is 2.53. The fourth-order valence-electron chi connectivity index (χ4n) is 5.87. The van der Waals surface area contributed by atoms with Crippen LogP contribution in [0.15, 0.2) is 24.3 Å². The lowest BCUT2D eigenvalue weighted by Gasteiger charge is -2.28. The molecular formula is C25H30F4N4O.